The fourth-order valence-electron chi connectivity index (χ4n) is 2.10. The molecule has 0 aliphatic heterocycles. The van der Waals surface area contributed by atoms with Crippen molar-refractivity contribution in [3.63, 3.8) is 0 Å². The molecule has 2 heteroatoms. The lowest BCUT2D eigenvalue weighted by molar-refractivity contribution is 0.195. The smallest absolute Gasteiger partial charge is 0.192 e. The molecule has 1 aromatic rings. The molecule has 0 saturated carbocycles. The Morgan fingerprint density at radius 1 is 1.13 bits per heavy atom. The molecule has 1 atom stereocenters. The maximum absolute atomic E-state index is 6.44. The monoisotopic (exact) mass is 328 g/mol. The van der Waals surface area contributed by atoms with Gasteiger partial charge in [0, 0.05) is 5.56 Å². The zero-order valence-corrected chi connectivity index (χ0v) is 16.9. The van der Waals surface area contributed by atoms with Crippen molar-refractivity contribution in [3.8, 4) is 11.8 Å². The van der Waals surface area contributed by atoms with Crippen LogP contribution >= 0.6 is 0 Å². The molecule has 0 aromatic heterocycles. The minimum absolute atomic E-state index is 0.197. The van der Waals surface area contributed by atoms with Crippen molar-refractivity contribution >= 4 is 8.32 Å². The van der Waals surface area contributed by atoms with Crippen LogP contribution in [0.3, 0.4) is 0 Å². The topological polar surface area (TPSA) is 9.23 Å². The molecule has 23 heavy (non-hydrogen) atoms. The van der Waals surface area contributed by atoms with E-state index in [-0.39, 0.29) is 10.5 Å². The first kappa shape index (κ1) is 19.7. The van der Waals surface area contributed by atoms with Gasteiger partial charge in [0.25, 0.3) is 0 Å². The maximum Gasteiger partial charge on any atom is 0.192 e. The van der Waals surface area contributed by atoms with E-state index in [0.717, 1.165) is 17.6 Å². The quantitative estimate of drug-likeness (QED) is 0.364. The Labute approximate surface area is 144 Å². The molecule has 0 saturated heterocycles. The summed E-state index contributed by atoms with van der Waals surface area (Å²) in [4.78, 5) is 0. The molecule has 1 nitrogen and oxygen atoms in total. The third-order valence-electron chi connectivity index (χ3n) is 4.53. The van der Waals surface area contributed by atoms with Crippen LogP contribution in [0.1, 0.15) is 46.6 Å². The Morgan fingerprint density at radius 3 is 2.17 bits per heavy atom. The van der Waals surface area contributed by atoms with E-state index in [1.165, 1.54) is 0 Å². The van der Waals surface area contributed by atoms with Gasteiger partial charge in [-0.2, -0.15) is 0 Å². The van der Waals surface area contributed by atoms with Crippen LogP contribution in [0.15, 0.2) is 42.5 Å². The average molecular weight is 329 g/mol. The van der Waals surface area contributed by atoms with E-state index in [1.807, 2.05) is 30.3 Å². The van der Waals surface area contributed by atoms with E-state index < -0.39 is 8.32 Å². The Morgan fingerprint density at radius 2 is 1.70 bits per heavy atom. The summed E-state index contributed by atoms with van der Waals surface area (Å²) in [5.74, 6) is 6.76. The van der Waals surface area contributed by atoms with Crippen LogP contribution in [0.5, 0.6) is 0 Å². The zero-order valence-electron chi connectivity index (χ0n) is 15.9. The first-order valence-electron chi connectivity index (χ1n) is 8.32. The molecule has 126 valence electrons. The van der Waals surface area contributed by atoms with Gasteiger partial charge in [0.15, 0.2) is 8.32 Å². The van der Waals surface area contributed by atoms with Gasteiger partial charge in [-0.25, -0.2) is 0 Å². The predicted octanol–water partition coefficient (Wildman–Crippen LogP) is 6.03. The molecule has 0 aliphatic rings. The van der Waals surface area contributed by atoms with Crippen LogP contribution < -0.4 is 0 Å². The van der Waals surface area contributed by atoms with Gasteiger partial charge in [0.2, 0.25) is 0 Å². The number of benzene rings is 1. The highest BCUT2D eigenvalue weighted by Crippen LogP contribution is 2.38. The summed E-state index contributed by atoms with van der Waals surface area (Å²) in [6.45, 7) is 20.4. The van der Waals surface area contributed by atoms with Gasteiger partial charge in [0.05, 0.1) is 12.0 Å². The molecule has 0 radical (unpaired) electrons. The van der Waals surface area contributed by atoms with Gasteiger partial charge >= 0.3 is 0 Å². The van der Waals surface area contributed by atoms with Crippen molar-refractivity contribution in [3.05, 3.63) is 48.0 Å². The van der Waals surface area contributed by atoms with Gasteiger partial charge in [-0.3, -0.25) is 0 Å². The molecule has 0 fully saturated rings. The summed E-state index contributed by atoms with van der Waals surface area (Å²) >= 11 is 0. The largest absolute Gasteiger partial charge is 0.415 e. The van der Waals surface area contributed by atoms with E-state index in [0.29, 0.717) is 6.61 Å². The normalized spacial score (nSPS) is 14.6. The summed E-state index contributed by atoms with van der Waals surface area (Å²) in [7, 11) is -1.77. The van der Waals surface area contributed by atoms with Crippen molar-refractivity contribution in [2.45, 2.75) is 59.2 Å². The fraction of sp³-hybridized carbons (Fsp3) is 0.524. The lowest BCUT2D eigenvalue weighted by Gasteiger charge is -2.38. The summed E-state index contributed by atoms with van der Waals surface area (Å²) in [6, 6.07) is 10.1. The molecule has 0 aliphatic carbocycles. The van der Waals surface area contributed by atoms with Crippen LogP contribution in [-0.4, -0.2) is 14.9 Å². The standard InChI is InChI=1S/C21H32OSi/c1-18(2)16-21(6,15-14-19-12-10-9-11-13-19)17-22-23(7,8)20(3,4)5/h9-13H,1,16-17H2,2-8H3. The molecule has 1 unspecified atom stereocenters. The molecule has 0 spiro atoms. The zero-order chi connectivity index (χ0) is 17.7. The third kappa shape index (κ3) is 6.37. The van der Waals surface area contributed by atoms with Crippen molar-refractivity contribution in [1.82, 2.24) is 0 Å². The third-order valence-corrected chi connectivity index (χ3v) is 9.01. The van der Waals surface area contributed by atoms with Crippen molar-refractivity contribution in [2.75, 3.05) is 6.61 Å². The second kappa shape index (κ2) is 7.51. The highest BCUT2D eigenvalue weighted by atomic mass is 28.4. The minimum atomic E-state index is -1.77. The fourth-order valence-corrected chi connectivity index (χ4v) is 3.21. The van der Waals surface area contributed by atoms with Crippen molar-refractivity contribution < 1.29 is 4.43 Å². The van der Waals surface area contributed by atoms with Crippen molar-refractivity contribution in [2.24, 2.45) is 5.41 Å². The van der Waals surface area contributed by atoms with Crippen LogP contribution in [-0.2, 0) is 4.43 Å². The van der Waals surface area contributed by atoms with E-state index in [9.17, 15) is 0 Å². The second-order valence-corrected chi connectivity index (χ2v) is 13.2. The summed E-state index contributed by atoms with van der Waals surface area (Å²) in [6.07, 6.45) is 0.863. The van der Waals surface area contributed by atoms with Crippen LogP contribution in [0.4, 0.5) is 0 Å². The maximum atomic E-state index is 6.44. The van der Waals surface area contributed by atoms with Gasteiger partial charge in [-0.1, -0.05) is 56.4 Å². The first-order valence-corrected chi connectivity index (χ1v) is 11.2. The highest BCUT2D eigenvalue weighted by molar-refractivity contribution is 6.74. The first-order chi connectivity index (χ1) is 10.5. The lowest BCUT2D eigenvalue weighted by atomic mass is 9.85. The van der Waals surface area contributed by atoms with Crippen LogP contribution in [0.2, 0.25) is 18.1 Å². The Bertz CT molecular complexity index is 584. The summed E-state index contributed by atoms with van der Waals surface area (Å²) in [5, 5.41) is 0.212. The van der Waals surface area contributed by atoms with Gasteiger partial charge in [-0.05, 0) is 50.5 Å². The Hall–Kier alpha value is -1.30. The lowest BCUT2D eigenvalue weighted by Crippen LogP contribution is -2.43. The van der Waals surface area contributed by atoms with Crippen molar-refractivity contribution in [1.29, 1.82) is 0 Å². The van der Waals surface area contributed by atoms with Gasteiger partial charge in [-0.15, -0.1) is 6.58 Å². The second-order valence-electron chi connectivity index (χ2n) is 8.36. The molecule has 0 heterocycles. The van der Waals surface area contributed by atoms with Gasteiger partial charge in [0.1, 0.15) is 0 Å². The molecule has 0 amide bonds. The number of hydrogen-bond donors (Lipinski definition) is 0. The van der Waals surface area contributed by atoms with Crippen LogP contribution in [0.25, 0.3) is 0 Å². The number of allylic oxidation sites excluding steroid dienone is 1. The molecular weight excluding hydrogens is 296 g/mol. The highest BCUT2D eigenvalue weighted by Gasteiger charge is 2.39. The number of hydrogen-bond acceptors (Lipinski definition) is 1. The molecule has 0 bridgehead atoms. The van der Waals surface area contributed by atoms with E-state index >= 15 is 0 Å². The van der Waals surface area contributed by atoms with E-state index in [4.69, 9.17) is 4.43 Å². The minimum Gasteiger partial charge on any atom is -0.415 e. The molecule has 1 rings (SSSR count). The molecular formula is C21H32OSi. The average Bonchev–Trinajstić information content (AvgIpc) is 2.43. The predicted molar refractivity (Wildman–Crippen MR) is 104 cm³/mol. The SMILES string of the molecule is C=C(C)CC(C)(C#Cc1ccccc1)CO[Si](C)(C)C(C)(C)C. The van der Waals surface area contributed by atoms with E-state index in [2.05, 4.69) is 66.1 Å². The number of rotatable bonds is 5. The molecule has 0 N–H and O–H groups in total. The van der Waals surface area contributed by atoms with Crippen LogP contribution in [0, 0.1) is 17.3 Å². The van der Waals surface area contributed by atoms with Gasteiger partial charge < -0.3 is 4.43 Å². The Balaban J connectivity index is 2.96. The summed E-state index contributed by atoms with van der Waals surface area (Å²) < 4.78 is 6.44. The summed E-state index contributed by atoms with van der Waals surface area (Å²) in [5.41, 5.74) is 2.00. The molecule has 1 aromatic carbocycles. The Kier molecular flexibility index (Phi) is 6.45. The van der Waals surface area contributed by atoms with E-state index in [1.54, 1.807) is 0 Å².